The van der Waals surface area contributed by atoms with Gasteiger partial charge in [0.25, 0.3) is 5.91 Å². The second-order valence-corrected chi connectivity index (χ2v) is 12.1. The first-order valence-corrected chi connectivity index (χ1v) is 14.4. The SMILES string of the molecule is Cc1cc(C(=O)NCC(=O)NC2CN([C@H]3CC[C@@H](c4ccccc4)CC3)C2)cc(N(C)S(C)(=O)=O)c1. The van der Waals surface area contributed by atoms with Gasteiger partial charge in [-0.3, -0.25) is 18.8 Å². The molecule has 0 unspecified atom stereocenters. The molecule has 1 aliphatic carbocycles. The monoisotopic (exact) mass is 512 g/mol. The minimum Gasteiger partial charge on any atom is -0.349 e. The summed E-state index contributed by atoms with van der Waals surface area (Å²) in [5.74, 6) is 0.0171. The van der Waals surface area contributed by atoms with Gasteiger partial charge in [-0.25, -0.2) is 8.42 Å². The van der Waals surface area contributed by atoms with Crippen LogP contribution >= 0.6 is 0 Å². The zero-order valence-electron chi connectivity index (χ0n) is 21.2. The van der Waals surface area contributed by atoms with Crippen molar-refractivity contribution in [1.82, 2.24) is 15.5 Å². The molecular weight excluding hydrogens is 476 g/mol. The lowest BCUT2D eigenvalue weighted by atomic mass is 9.80. The average molecular weight is 513 g/mol. The Morgan fingerprint density at radius 3 is 2.33 bits per heavy atom. The quantitative estimate of drug-likeness (QED) is 0.567. The van der Waals surface area contributed by atoms with Gasteiger partial charge in [-0.2, -0.15) is 0 Å². The molecule has 0 radical (unpaired) electrons. The molecule has 36 heavy (non-hydrogen) atoms. The Morgan fingerprint density at radius 2 is 1.69 bits per heavy atom. The van der Waals surface area contributed by atoms with Crippen LogP contribution in [0.1, 0.15) is 53.1 Å². The number of sulfonamides is 1. The maximum atomic E-state index is 12.6. The molecule has 4 rings (SSSR count). The molecule has 0 bridgehead atoms. The highest BCUT2D eigenvalue weighted by atomic mass is 32.2. The van der Waals surface area contributed by atoms with Crippen molar-refractivity contribution in [3.8, 4) is 0 Å². The number of likely N-dealkylation sites (tertiary alicyclic amines) is 1. The minimum absolute atomic E-state index is 0.107. The third-order valence-electron chi connectivity index (χ3n) is 7.35. The Bertz CT molecular complexity index is 1190. The van der Waals surface area contributed by atoms with Gasteiger partial charge in [-0.15, -0.1) is 0 Å². The number of aryl methyl sites for hydroxylation is 1. The van der Waals surface area contributed by atoms with Gasteiger partial charge >= 0.3 is 0 Å². The molecule has 2 amide bonds. The van der Waals surface area contributed by atoms with Crippen molar-refractivity contribution < 1.29 is 18.0 Å². The maximum absolute atomic E-state index is 12.6. The Morgan fingerprint density at radius 1 is 1.03 bits per heavy atom. The van der Waals surface area contributed by atoms with Crippen LogP contribution in [0.5, 0.6) is 0 Å². The number of nitrogens with one attached hydrogen (secondary N) is 2. The summed E-state index contributed by atoms with van der Waals surface area (Å²) in [6.45, 7) is 3.36. The fourth-order valence-corrected chi connectivity index (χ4v) is 5.70. The van der Waals surface area contributed by atoms with E-state index in [9.17, 15) is 18.0 Å². The van der Waals surface area contributed by atoms with Crippen LogP contribution in [0.25, 0.3) is 0 Å². The van der Waals surface area contributed by atoms with Crippen LogP contribution in [-0.2, 0) is 14.8 Å². The molecule has 0 aromatic heterocycles. The molecule has 2 aliphatic rings. The summed E-state index contributed by atoms with van der Waals surface area (Å²) in [5.41, 5.74) is 2.91. The van der Waals surface area contributed by atoms with Crippen molar-refractivity contribution >= 4 is 27.5 Å². The zero-order valence-corrected chi connectivity index (χ0v) is 22.1. The molecule has 1 saturated carbocycles. The number of amides is 2. The molecule has 0 spiro atoms. The third-order valence-corrected chi connectivity index (χ3v) is 8.56. The van der Waals surface area contributed by atoms with Crippen molar-refractivity contribution in [2.24, 2.45) is 0 Å². The first kappa shape index (κ1) is 26.2. The van der Waals surface area contributed by atoms with E-state index >= 15 is 0 Å². The standard InChI is InChI=1S/C27H36N4O4S/c1-19-13-22(15-25(14-19)30(2)36(3,34)35)27(33)28-16-26(32)29-23-17-31(18-23)24-11-9-21(10-12-24)20-7-5-4-6-8-20/h4-8,13-15,21,23-24H,9-12,16-18H2,1-3H3,(H,28,33)(H,29,32)/t21-,24+. The molecule has 8 nitrogen and oxygen atoms in total. The minimum atomic E-state index is -3.45. The molecule has 1 saturated heterocycles. The molecule has 1 aliphatic heterocycles. The van der Waals surface area contributed by atoms with E-state index in [4.69, 9.17) is 0 Å². The fourth-order valence-electron chi connectivity index (χ4n) is 5.21. The van der Waals surface area contributed by atoms with Gasteiger partial charge in [0.05, 0.1) is 24.5 Å². The predicted molar refractivity (Wildman–Crippen MR) is 142 cm³/mol. The van der Waals surface area contributed by atoms with Crippen molar-refractivity contribution in [3.63, 3.8) is 0 Å². The Hall–Kier alpha value is -2.91. The fraction of sp³-hybridized carbons (Fsp3) is 0.481. The van der Waals surface area contributed by atoms with Gasteiger partial charge < -0.3 is 10.6 Å². The highest BCUT2D eigenvalue weighted by molar-refractivity contribution is 7.92. The lowest BCUT2D eigenvalue weighted by molar-refractivity contribution is -0.122. The van der Waals surface area contributed by atoms with E-state index < -0.39 is 15.9 Å². The van der Waals surface area contributed by atoms with Crippen molar-refractivity contribution in [3.05, 3.63) is 65.2 Å². The summed E-state index contributed by atoms with van der Waals surface area (Å²) in [6.07, 6.45) is 5.88. The van der Waals surface area contributed by atoms with Crippen LogP contribution in [0.2, 0.25) is 0 Å². The summed E-state index contributed by atoms with van der Waals surface area (Å²) in [6, 6.07) is 16.3. The summed E-state index contributed by atoms with van der Waals surface area (Å²) in [7, 11) is -2.01. The molecular formula is C27H36N4O4S. The number of rotatable bonds is 8. The molecule has 2 N–H and O–H groups in total. The number of hydrogen-bond donors (Lipinski definition) is 2. The number of anilines is 1. The van der Waals surface area contributed by atoms with Crippen molar-refractivity contribution in [1.29, 1.82) is 0 Å². The van der Waals surface area contributed by atoms with E-state index in [1.54, 1.807) is 19.1 Å². The average Bonchev–Trinajstić information content (AvgIpc) is 2.83. The van der Waals surface area contributed by atoms with Gasteiger partial charge in [0.1, 0.15) is 0 Å². The predicted octanol–water partition coefficient (Wildman–Crippen LogP) is 2.65. The lowest BCUT2D eigenvalue weighted by Gasteiger charge is -2.46. The van der Waals surface area contributed by atoms with Crippen LogP contribution < -0.4 is 14.9 Å². The smallest absolute Gasteiger partial charge is 0.251 e. The van der Waals surface area contributed by atoms with Crippen LogP contribution in [0.3, 0.4) is 0 Å². The Kier molecular flexibility index (Phi) is 8.00. The van der Waals surface area contributed by atoms with Gasteiger partial charge in [-0.1, -0.05) is 30.3 Å². The van der Waals surface area contributed by atoms with Gasteiger partial charge in [0.2, 0.25) is 15.9 Å². The van der Waals surface area contributed by atoms with Crippen LogP contribution in [0, 0.1) is 6.92 Å². The summed E-state index contributed by atoms with van der Waals surface area (Å²) >= 11 is 0. The molecule has 0 atom stereocenters. The Labute approximate surface area is 214 Å². The van der Waals surface area contributed by atoms with Crippen LogP contribution in [0.4, 0.5) is 5.69 Å². The second kappa shape index (κ2) is 11.0. The number of hydrogen-bond acceptors (Lipinski definition) is 5. The first-order chi connectivity index (χ1) is 17.1. The molecule has 194 valence electrons. The van der Waals surface area contributed by atoms with Gasteiger partial charge in [-0.05, 0) is 67.9 Å². The number of carbonyl (C=O) groups is 2. The second-order valence-electron chi connectivity index (χ2n) is 10.1. The normalized spacial score (nSPS) is 20.9. The number of nitrogens with zero attached hydrogens (tertiary/aromatic N) is 2. The van der Waals surface area contributed by atoms with E-state index in [1.807, 2.05) is 0 Å². The summed E-state index contributed by atoms with van der Waals surface area (Å²) < 4.78 is 24.8. The molecule has 1 heterocycles. The van der Waals surface area contributed by atoms with E-state index in [0.29, 0.717) is 23.2 Å². The lowest BCUT2D eigenvalue weighted by Crippen LogP contribution is -2.63. The van der Waals surface area contributed by atoms with Crippen molar-refractivity contribution in [2.45, 2.75) is 50.6 Å². The van der Waals surface area contributed by atoms with Crippen LogP contribution in [0.15, 0.2) is 48.5 Å². The summed E-state index contributed by atoms with van der Waals surface area (Å²) in [4.78, 5) is 27.5. The number of carbonyl (C=O) groups excluding carboxylic acids is 2. The largest absolute Gasteiger partial charge is 0.349 e. The van der Waals surface area contributed by atoms with Crippen molar-refractivity contribution in [2.75, 3.05) is 37.2 Å². The molecule has 2 fully saturated rings. The molecule has 2 aromatic rings. The first-order valence-electron chi connectivity index (χ1n) is 12.5. The maximum Gasteiger partial charge on any atom is 0.251 e. The number of benzene rings is 2. The van der Waals surface area contributed by atoms with E-state index in [-0.39, 0.29) is 18.5 Å². The van der Waals surface area contributed by atoms with E-state index in [0.717, 1.165) is 29.2 Å². The summed E-state index contributed by atoms with van der Waals surface area (Å²) in [5, 5.41) is 5.65. The molecule has 9 heteroatoms. The highest BCUT2D eigenvalue weighted by Crippen LogP contribution is 2.35. The van der Waals surface area contributed by atoms with Crippen LogP contribution in [-0.4, -0.2) is 70.2 Å². The van der Waals surface area contributed by atoms with E-state index in [1.165, 1.54) is 44.4 Å². The molecule has 2 aromatic carbocycles. The van der Waals surface area contributed by atoms with Gasteiger partial charge in [0, 0.05) is 31.7 Å². The van der Waals surface area contributed by atoms with E-state index in [2.05, 4.69) is 45.9 Å². The third kappa shape index (κ3) is 6.44. The zero-order chi connectivity index (χ0) is 25.9. The Balaban J connectivity index is 1.19. The van der Waals surface area contributed by atoms with Gasteiger partial charge in [0.15, 0.2) is 0 Å². The highest BCUT2D eigenvalue weighted by Gasteiger charge is 2.35. The topological polar surface area (TPSA) is 98.8 Å².